The lowest BCUT2D eigenvalue weighted by Crippen LogP contribution is -2.34. The SMILES string of the molecule is C=CC(=O)OCCOCCOc1ccc([C@@]23CC4CC2C[C@](C2=CCC(OCCOCCOC(=O)C=C)C=C2)(C4)C3)cc1. The number of rotatable bonds is 18. The molecule has 8 heteroatoms. The molecule has 5 aliphatic carbocycles. The van der Waals surface area contributed by atoms with Gasteiger partial charge in [0.25, 0.3) is 0 Å². The molecule has 43 heavy (non-hydrogen) atoms. The molecule has 4 saturated carbocycles. The average Bonchev–Trinajstić information content (AvgIpc) is 3.42. The number of allylic oxidation sites excluding steroid dienone is 2. The van der Waals surface area contributed by atoms with Gasteiger partial charge in [-0.2, -0.15) is 0 Å². The van der Waals surface area contributed by atoms with Gasteiger partial charge >= 0.3 is 11.9 Å². The molecule has 0 N–H and O–H groups in total. The van der Waals surface area contributed by atoms with Gasteiger partial charge in [0.15, 0.2) is 0 Å². The second-order valence-corrected chi connectivity index (χ2v) is 12.0. The Kier molecular flexibility index (Phi) is 10.5. The average molecular weight is 593 g/mol. The molecule has 0 heterocycles. The van der Waals surface area contributed by atoms with Crippen LogP contribution in [0.3, 0.4) is 0 Å². The molecule has 0 radical (unpaired) electrons. The summed E-state index contributed by atoms with van der Waals surface area (Å²) < 4.78 is 32.7. The fourth-order valence-electron chi connectivity index (χ4n) is 7.89. The molecule has 3 unspecified atom stereocenters. The molecule has 5 atom stereocenters. The summed E-state index contributed by atoms with van der Waals surface area (Å²) in [5.41, 5.74) is 3.48. The summed E-state index contributed by atoms with van der Waals surface area (Å²) in [6.45, 7) is 9.70. The summed E-state index contributed by atoms with van der Waals surface area (Å²) in [4.78, 5) is 22.1. The zero-order valence-corrected chi connectivity index (χ0v) is 25.0. The van der Waals surface area contributed by atoms with Gasteiger partial charge in [0, 0.05) is 12.2 Å². The smallest absolute Gasteiger partial charge is 0.330 e. The lowest BCUT2D eigenvalue weighted by molar-refractivity contribution is -0.140. The van der Waals surface area contributed by atoms with Crippen LogP contribution in [0.15, 0.2) is 73.4 Å². The fraction of sp³-hybridized carbons (Fsp3) is 0.543. The number of benzene rings is 1. The third-order valence-electron chi connectivity index (χ3n) is 9.46. The Morgan fingerprint density at radius 3 is 2.16 bits per heavy atom. The van der Waals surface area contributed by atoms with E-state index in [1.807, 2.05) is 0 Å². The van der Waals surface area contributed by atoms with E-state index in [2.05, 4.69) is 55.7 Å². The maximum absolute atomic E-state index is 11.0. The van der Waals surface area contributed by atoms with Crippen molar-refractivity contribution in [1.29, 1.82) is 0 Å². The van der Waals surface area contributed by atoms with E-state index in [0.29, 0.717) is 39.6 Å². The molecule has 0 spiro atoms. The van der Waals surface area contributed by atoms with Crippen molar-refractivity contribution in [2.45, 2.75) is 50.0 Å². The molecular formula is C35H44O8. The first kappa shape index (κ1) is 31.2. The van der Waals surface area contributed by atoms with Crippen LogP contribution in [0.25, 0.3) is 0 Å². The Hall–Kier alpha value is -3.20. The predicted molar refractivity (Wildman–Crippen MR) is 162 cm³/mol. The normalized spacial score (nSPS) is 28.4. The summed E-state index contributed by atoms with van der Waals surface area (Å²) in [5.74, 6) is 1.49. The van der Waals surface area contributed by atoms with E-state index in [0.717, 1.165) is 36.2 Å². The third kappa shape index (κ3) is 7.48. The van der Waals surface area contributed by atoms with E-state index in [-0.39, 0.29) is 30.1 Å². The van der Waals surface area contributed by atoms with E-state index >= 15 is 0 Å². The van der Waals surface area contributed by atoms with Gasteiger partial charge in [0.2, 0.25) is 0 Å². The minimum atomic E-state index is -0.443. The zero-order chi connectivity index (χ0) is 30.1. The largest absolute Gasteiger partial charge is 0.491 e. The van der Waals surface area contributed by atoms with Crippen molar-refractivity contribution in [2.75, 3.05) is 52.9 Å². The van der Waals surface area contributed by atoms with Crippen LogP contribution in [0.2, 0.25) is 0 Å². The van der Waals surface area contributed by atoms with Crippen molar-refractivity contribution in [3.05, 3.63) is 78.9 Å². The van der Waals surface area contributed by atoms with Crippen molar-refractivity contribution >= 4 is 11.9 Å². The van der Waals surface area contributed by atoms with Crippen LogP contribution >= 0.6 is 0 Å². The van der Waals surface area contributed by atoms with E-state index in [9.17, 15) is 9.59 Å². The highest BCUT2D eigenvalue weighted by atomic mass is 16.6. The van der Waals surface area contributed by atoms with E-state index in [1.54, 1.807) is 0 Å². The Morgan fingerprint density at radius 2 is 1.51 bits per heavy atom. The first-order valence-corrected chi connectivity index (χ1v) is 15.4. The second-order valence-electron chi connectivity index (χ2n) is 12.0. The van der Waals surface area contributed by atoms with Gasteiger partial charge < -0.3 is 28.4 Å². The number of esters is 2. The number of carbonyl (C=O) groups excluding carboxylic acids is 2. The van der Waals surface area contributed by atoms with E-state index in [1.165, 1.54) is 43.2 Å². The van der Waals surface area contributed by atoms with Crippen LogP contribution in [0.5, 0.6) is 5.75 Å². The van der Waals surface area contributed by atoms with E-state index in [4.69, 9.17) is 28.4 Å². The van der Waals surface area contributed by atoms with Gasteiger partial charge in [0.1, 0.15) is 25.6 Å². The molecule has 5 aliphatic rings. The van der Waals surface area contributed by atoms with Crippen LogP contribution in [0.1, 0.15) is 44.1 Å². The van der Waals surface area contributed by atoms with Gasteiger partial charge in [-0.1, -0.05) is 43.5 Å². The highest BCUT2D eigenvalue weighted by Crippen LogP contribution is 2.73. The zero-order valence-electron chi connectivity index (χ0n) is 25.0. The van der Waals surface area contributed by atoms with Crippen molar-refractivity contribution in [3.8, 4) is 5.75 Å². The minimum absolute atomic E-state index is 0.0689. The lowest BCUT2D eigenvalue weighted by Gasteiger charge is -2.43. The molecule has 0 amide bonds. The molecule has 1 aromatic carbocycles. The third-order valence-corrected chi connectivity index (χ3v) is 9.46. The molecule has 4 fully saturated rings. The summed E-state index contributed by atoms with van der Waals surface area (Å²) in [5, 5.41) is 0. The first-order chi connectivity index (χ1) is 21.0. The highest BCUT2D eigenvalue weighted by molar-refractivity contribution is 5.81. The highest BCUT2D eigenvalue weighted by Gasteiger charge is 2.64. The predicted octanol–water partition coefficient (Wildman–Crippen LogP) is 5.28. The van der Waals surface area contributed by atoms with Gasteiger partial charge in [0.05, 0.1) is 39.1 Å². The number of carbonyl (C=O) groups is 2. The van der Waals surface area contributed by atoms with Crippen molar-refractivity contribution in [2.24, 2.45) is 17.3 Å². The molecule has 1 aromatic rings. The molecule has 0 aliphatic heterocycles. The van der Waals surface area contributed by atoms with E-state index < -0.39 is 11.9 Å². The standard InChI is InChI=1S/C35H44O8/c1-3-32(36)42-19-15-38-13-17-40-30-9-5-27(6-10-30)34-22-26-21-29(24-34)35(23-26,25-34)28-7-11-31(12-8-28)41-18-14-39-16-20-43-33(37)4-2/h3-9,11-12,26,29-30H,1-2,10,13-25H2/t26?,29?,30?,34-,35+/m1/s1. The van der Waals surface area contributed by atoms with Gasteiger partial charge in [-0.05, 0) is 84.5 Å². The summed E-state index contributed by atoms with van der Waals surface area (Å²) in [6.07, 6.45) is 16.6. The van der Waals surface area contributed by atoms with Crippen LogP contribution < -0.4 is 4.74 Å². The molecule has 0 saturated heterocycles. The maximum Gasteiger partial charge on any atom is 0.330 e. The van der Waals surface area contributed by atoms with Gasteiger partial charge in [-0.3, -0.25) is 0 Å². The minimum Gasteiger partial charge on any atom is -0.491 e. The van der Waals surface area contributed by atoms with Crippen LogP contribution in [0, 0.1) is 17.3 Å². The topological polar surface area (TPSA) is 89.5 Å². The Balaban J connectivity index is 1.06. The molecule has 6 rings (SSSR count). The van der Waals surface area contributed by atoms with Crippen molar-refractivity contribution in [3.63, 3.8) is 0 Å². The quantitative estimate of drug-likeness (QED) is 0.129. The monoisotopic (exact) mass is 592 g/mol. The number of hydrogen-bond acceptors (Lipinski definition) is 8. The van der Waals surface area contributed by atoms with Gasteiger partial charge in [-0.15, -0.1) is 0 Å². The van der Waals surface area contributed by atoms with Gasteiger partial charge in [-0.25, -0.2) is 9.59 Å². The summed E-state index contributed by atoms with van der Waals surface area (Å²) in [6, 6.07) is 8.76. The summed E-state index contributed by atoms with van der Waals surface area (Å²) in [7, 11) is 0. The molecule has 4 bridgehead atoms. The maximum atomic E-state index is 11.0. The number of hydrogen-bond donors (Lipinski definition) is 0. The molecule has 232 valence electrons. The first-order valence-electron chi connectivity index (χ1n) is 15.4. The van der Waals surface area contributed by atoms with Crippen molar-refractivity contribution < 1.29 is 38.0 Å². The molecule has 8 nitrogen and oxygen atoms in total. The second kappa shape index (κ2) is 14.5. The van der Waals surface area contributed by atoms with Crippen LogP contribution in [0.4, 0.5) is 0 Å². The van der Waals surface area contributed by atoms with Crippen LogP contribution in [-0.2, 0) is 38.7 Å². The summed E-state index contributed by atoms with van der Waals surface area (Å²) >= 11 is 0. The Morgan fingerprint density at radius 1 is 0.837 bits per heavy atom. The Bertz CT molecular complexity index is 1200. The number of ether oxygens (including phenoxy) is 6. The molecular weight excluding hydrogens is 548 g/mol. The molecule has 0 aromatic heterocycles. The van der Waals surface area contributed by atoms with Crippen molar-refractivity contribution in [1.82, 2.24) is 0 Å². The lowest BCUT2D eigenvalue weighted by atomic mass is 9.61. The van der Waals surface area contributed by atoms with Crippen LogP contribution in [-0.4, -0.2) is 70.9 Å². The fourth-order valence-corrected chi connectivity index (χ4v) is 7.89. The Labute approximate surface area is 254 Å².